The molecule has 2 saturated heterocycles. The molecule has 2 fully saturated rings. The lowest BCUT2D eigenvalue weighted by atomic mass is 9.85. The van der Waals surface area contributed by atoms with Gasteiger partial charge in [-0.15, -0.1) is 0 Å². The van der Waals surface area contributed by atoms with Gasteiger partial charge in [0.1, 0.15) is 5.54 Å². The van der Waals surface area contributed by atoms with Crippen molar-refractivity contribution in [3.8, 4) is 0 Å². The van der Waals surface area contributed by atoms with E-state index in [1.165, 1.54) is 0 Å². The molecule has 0 aromatic rings. The van der Waals surface area contributed by atoms with Gasteiger partial charge in [0.15, 0.2) is 0 Å². The van der Waals surface area contributed by atoms with Crippen molar-refractivity contribution in [3.63, 3.8) is 0 Å². The van der Waals surface area contributed by atoms with E-state index in [9.17, 15) is 4.79 Å². The maximum absolute atomic E-state index is 12.2. The van der Waals surface area contributed by atoms with Gasteiger partial charge in [-0.2, -0.15) is 0 Å². The number of rotatable bonds is 1. The smallest absolute Gasteiger partial charge is 0.241 e. The van der Waals surface area contributed by atoms with Crippen LogP contribution in [-0.4, -0.2) is 42.1 Å². The largest absolute Gasteiger partial charge is 0.342 e. The van der Waals surface area contributed by atoms with Crippen LogP contribution >= 0.6 is 0 Å². The van der Waals surface area contributed by atoms with E-state index in [2.05, 4.69) is 39.8 Å². The quantitative estimate of drug-likeness (QED) is 0.688. The van der Waals surface area contributed by atoms with E-state index < -0.39 is 0 Å². The van der Waals surface area contributed by atoms with Crippen molar-refractivity contribution in [1.29, 1.82) is 0 Å². The third kappa shape index (κ3) is 1.72. The highest BCUT2D eigenvalue weighted by atomic mass is 16.2. The number of piperidine rings is 1. The van der Waals surface area contributed by atoms with Crippen molar-refractivity contribution < 1.29 is 4.79 Å². The van der Waals surface area contributed by atoms with E-state index in [1.807, 2.05) is 0 Å². The summed E-state index contributed by atoms with van der Waals surface area (Å²) < 4.78 is 0. The summed E-state index contributed by atoms with van der Waals surface area (Å²) in [4.78, 5) is 14.5. The minimum atomic E-state index is -0.258. The summed E-state index contributed by atoms with van der Waals surface area (Å²) in [7, 11) is 0. The summed E-state index contributed by atoms with van der Waals surface area (Å²) in [6.45, 7) is 2.58. The molecule has 4 nitrogen and oxygen atoms in total. The van der Waals surface area contributed by atoms with Crippen LogP contribution in [-0.2, 0) is 4.79 Å². The van der Waals surface area contributed by atoms with E-state index in [0.29, 0.717) is 12.7 Å². The lowest BCUT2D eigenvalue weighted by Gasteiger charge is -2.42. The number of nitrogens with zero attached hydrogens (tertiary/aromatic N) is 1. The molecule has 92 valence electrons. The van der Waals surface area contributed by atoms with Gasteiger partial charge in [-0.3, -0.25) is 9.69 Å². The second-order valence-corrected chi connectivity index (χ2v) is 5.03. The van der Waals surface area contributed by atoms with Crippen molar-refractivity contribution in [2.75, 3.05) is 19.8 Å². The van der Waals surface area contributed by atoms with E-state index in [-0.39, 0.29) is 11.4 Å². The Labute approximate surface area is 102 Å². The van der Waals surface area contributed by atoms with Gasteiger partial charge in [-0.1, -0.05) is 24.3 Å². The van der Waals surface area contributed by atoms with Gasteiger partial charge in [0.05, 0.1) is 6.67 Å². The van der Waals surface area contributed by atoms with Gasteiger partial charge in [0.25, 0.3) is 0 Å². The highest BCUT2D eigenvalue weighted by Gasteiger charge is 2.50. The molecule has 0 radical (unpaired) electrons. The Morgan fingerprint density at radius 3 is 2.82 bits per heavy atom. The molecular formula is C13H19N3O. The molecule has 1 atom stereocenters. The van der Waals surface area contributed by atoms with Crippen molar-refractivity contribution >= 4 is 5.91 Å². The van der Waals surface area contributed by atoms with E-state index in [1.54, 1.807) is 0 Å². The van der Waals surface area contributed by atoms with Gasteiger partial charge < -0.3 is 10.6 Å². The van der Waals surface area contributed by atoms with Crippen LogP contribution in [0.4, 0.5) is 0 Å². The fourth-order valence-corrected chi connectivity index (χ4v) is 3.19. The monoisotopic (exact) mass is 233 g/mol. The first kappa shape index (κ1) is 11.0. The molecule has 1 spiro atoms. The van der Waals surface area contributed by atoms with Crippen molar-refractivity contribution in [1.82, 2.24) is 15.5 Å². The molecule has 2 heterocycles. The van der Waals surface area contributed by atoms with E-state index >= 15 is 0 Å². The maximum Gasteiger partial charge on any atom is 0.241 e. The summed E-state index contributed by atoms with van der Waals surface area (Å²) in [5.41, 5.74) is -0.258. The van der Waals surface area contributed by atoms with Crippen molar-refractivity contribution in [2.45, 2.75) is 30.8 Å². The lowest BCUT2D eigenvalue weighted by molar-refractivity contribution is -0.128. The summed E-state index contributed by atoms with van der Waals surface area (Å²) in [5.74, 6) is 0.224. The maximum atomic E-state index is 12.2. The predicted molar refractivity (Wildman–Crippen MR) is 66.4 cm³/mol. The molecule has 2 N–H and O–H groups in total. The first-order valence-electron chi connectivity index (χ1n) is 6.42. The van der Waals surface area contributed by atoms with Crippen molar-refractivity contribution in [2.24, 2.45) is 0 Å². The second kappa shape index (κ2) is 4.27. The van der Waals surface area contributed by atoms with Crippen LogP contribution in [0.1, 0.15) is 19.3 Å². The summed E-state index contributed by atoms with van der Waals surface area (Å²) in [5, 5.41) is 6.37. The van der Waals surface area contributed by atoms with Gasteiger partial charge >= 0.3 is 0 Å². The van der Waals surface area contributed by atoms with Gasteiger partial charge in [0.2, 0.25) is 5.91 Å². The number of carbonyl (C=O) groups is 1. The average Bonchev–Trinajstić information content (AvgIpc) is 2.69. The molecule has 1 unspecified atom stereocenters. The predicted octanol–water partition coefficient (Wildman–Crippen LogP) is 0.383. The van der Waals surface area contributed by atoms with Crippen LogP contribution in [0.2, 0.25) is 0 Å². The van der Waals surface area contributed by atoms with Crippen LogP contribution < -0.4 is 10.6 Å². The zero-order valence-corrected chi connectivity index (χ0v) is 9.98. The van der Waals surface area contributed by atoms with Gasteiger partial charge in [0, 0.05) is 6.04 Å². The second-order valence-electron chi connectivity index (χ2n) is 5.03. The number of allylic oxidation sites excluding steroid dienone is 2. The van der Waals surface area contributed by atoms with Gasteiger partial charge in [-0.05, 0) is 32.4 Å². The molecule has 3 rings (SSSR count). The molecule has 0 aromatic carbocycles. The molecule has 3 aliphatic rings. The Hall–Kier alpha value is -1.13. The van der Waals surface area contributed by atoms with Crippen LogP contribution in [0, 0.1) is 0 Å². The molecule has 0 bridgehead atoms. The first-order chi connectivity index (χ1) is 8.33. The average molecular weight is 233 g/mol. The van der Waals surface area contributed by atoms with Crippen LogP contribution in [0.15, 0.2) is 24.3 Å². The SMILES string of the molecule is O=C1NCN(C2C=CC=CC2)C12CCNCC2. The Balaban J connectivity index is 1.85. The highest BCUT2D eigenvalue weighted by Crippen LogP contribution is 2.33. The lowest BCUT2D eigenvalue weighted by Crippen LogP contribution is -2.57. The number of hydrogen-bond donors (Lipinski definition) is 2. The molecule has 2 aliphatic heterocycles. The molecule has 1 amide bonds. The Kier molecular flexibility index (Phi) is 2.76. The Morgan fingerprint density at radius 2 is 2.12 bits per heavy atom. The molecule has 17 heavy (non-hydrogen) atoms. The Bertz CT molecular complexity index is 369. The third-order valence-corrected chi connectivity index (χ3v) is 4.17. The zero-order valence-electron chi connectivity index (χ0n) is 9.98. The summed E-state index contributed by atoms with van der Waals surface area (Å²) >= 11 is 0. The Morgan fingerprint density at radius 1 is 1.29 bits per heavy atom. The molecule has 4 heteroatoms. The number of amides is 1. The van der Waals surface area contributed by atoms with Crippen LogP contribution in [0.5, 0.6) is 0 Å². The normalized spacial score (nSPS) is 32.0. The number of nitrogens with one attached hydrogen (secondary N) is 2. The molecular weight excluding hydrogens is 214 g/mol. The van der Waals surface area contributed by atoms with Crippen LogP contribution in [0.25, 0.3) is 0 Å². The standard InChI is InChI=1S/C13H19N3O/c17-12-13(6-8-14-9-7-13)16(10-15-12)11-4-2-1-3-5-11/h1-4,11,14H,5-10H2,(H,15,17). The van der Waals surface area contributed by atoms with Gasteiger partial charge in [-0.25, -0.2) is 0 Å². The van der Waals surface area contributed by atoms with Crippen molar-refractivity contribution in [3.05, 3.63) is 24.3 Å². The fourth-order valence-electron chi connectivity index (χ4n) is 3.19. The first-order valence-corrected chi connectivity index (χ1v) is 6.42. The minimum absolute atomic E-state index is 0.224. The van der Waals surface area contributed by atoms with E-state index in [4.69, 9.17) is 0 Å². The zero-order chi connectivity index (χ0) is 11.7. The highest BCUT2D eigenvalue weighted by molar-refractivity contribution is 5.88. The molecule has 1 aliphatic carbocycles. The van der Waals surface area contributed by atoms with Crippen LogP contribution in [0.3, 0.4) is 0 Å². The molecule has 0 aromatic heterocycles. The third-order valence-electron chi connectivity index (χ3n) is 4.17. The summed E-state index contributed by atoms with van der Waals surface area (Å²) in [6, 6.07) is 0.372. The minimum Gasteiger partial charge on any atom is -0.342 e. The molecule has 0 saturated carbocycles. The number of hydrogen-bond acceptors (Lipinski definition) is 3. The summed E-state index contributed by atoms with van der Waals surface area (Å²) in [6.07, 6.45) is 11.4. The number of carbonyl (C=O) groups excluding carboxylic acids is 1. The fraction of sp³-hybridized carbons (Fsp3) is 0.615. The van der Waals surface area contributed by atoms with E-state index in [0.717, 1.165) is 32.4 Å². The topological polar surface area (TPSA) is 44.4 Å².